The van der Waals surface area contributed by atoms with Crippen molar-refractivity contribution in [2.45, 2.75) is 18.5 Å². The Morgan fingerprint density at radius 1 is 1.30 bits per heavy atom. The average molecular weight is 166 g/mol. The third-order valence-corrected chi connectivity index (χ3v) is 2.50. The maximum absolute atomic E-state index is 8.60. The summed E-state index contributed by atoms with van der Waals surface area (Å²) in [6.45, 7) is 0.443. The Bertz CT molecular complexity index is 95.0. The molecule has 0 saturated carbocycles. The lowest BCUT2D eigenvalue weighted by Crippen LogP contribution is -2.54. The molecular weight excluding hydrogens is 152 g/mol. The number of hydrogen-bond acceptors (Lipinski definition) is 5. The van der Waals surface area contributed by atoms with E-state index in [1.54, 1.807) is 0 Å². The zero-order valence-corrected chi connectivity index (χ0v) is 6.70. The van der Waals surface area contributed by atoms with Crippen molar-refractivity contribution in [1.82, 2.24) is 0 Å². The Morgan fingerprint density at radius 3 is 2.10 bits per heavy atom. The highest BCUT2D eigenvalue weighted by Gasteiger charge is 2.35. The quantitative estimate of drug-likeness (QED) is 0.296. The summed E-state index contributed by atoms with van der Waals surface area (Å²) in [7, 11) is -4.08. The van der Waals surface area contributed by atoms with Gasteiger partial charge < -0.3 is 25.9 Å². The minimum absolute atomic E-state index is 0.353. The average Bonchev–Trinajstić information content (AvgIpc) is 1.80. The summed E-state index contributed by atoms with van der Waals surface area (Å²) in [5.74, 6) is 0. The van der Waals surface area contributed by atoms with Crippen LogP contribution in [0.1, 0.15) is 12.8 Å². The Labute approximate surface area is 60.6 Å². The van der Waals surface area contributed by atoms with E-state index in [2.05, 4.69) is 0 Å². The second-order valence-corrected chi connectivity index (χ2v) is 4.34. The van der Waals surface area contributed by atoms with Crippen molar-refractivity contribution in [3.63, 3.8) is 0 Å². The molecule has 0 fully saturated rings. The molecule has 7 N–H and O–H groups in total. The fraction of sp³-hybridized carbons (Fsp3) is 1.00. The van der Waals surface area contributed by atoms with Crippen molar-refractivity contribution in [2.75, 3.05) is 6.54 Å². The van der Waals surface area contributed by atoms with Gasteiger partial charge in [-0.15, -0.1) is 0 Å². The second-order valence-electron chi connectivity index (χ2n) is 2.22. The normalized spacial score (nSPS) is 15.3. The maximum Gasteiger partial charge on any atom is 0.510 e. The van der Waals surface area contributed by atoms with Gasteiger partial charge in [0.15, 0.2) is 0 Å². The van der Waals surface area contributed by atoms with Gasteiger partial charge in [-0.2, -0.15) is 0 Å². The van der Waals surface area contributed by atoms with Gasteiger partial charge in [0.05, 0.1) is 5.67 Å². The molecule has 0 radical (unpaired) electrons. The molecule has 0 aliphatic carbocycles. The highest BCUT2D eigenvalue weighted by Crippen LogP contribution is 2.00. The first-order chi connectivity index (χ1) is 4.48. The lowest BCUT2D eigenvalue weighted by molar-refractivity contribution is 0.209. The third-order valence-electron chi connectivity index (χ3n) is 1.22. The van der Waals surface area contributed by atoms with Gasteiger partial charge >= 0.3 is 8.80 Å². The summed E-state index contributed by atoms with van der Waals surface area (Å²) in [6, 6.07) is 0. The molecule has 0 spiro atoms. The summed E-state index contributed by atoms with van der Waals surface area (Å²) >= 11 is 0. The molecule has 1 atom stereocenters. The topological polar surface area (TPSA) is 113 Å². The first-order valence-electron chi connectivity index (χ1n) is 3.11. The summed E-state index contributed by atoms with van der Waals surface area (Å²) in [4.78, 5) is 25.8. The van der Waals surface area contributed by atoms with Crippen LogP contribution in [0.5, 0.6) is 0 Å². The summed E-state index contributed by atoms with van der Waals surface area (Å²) < 4.78 is 0. The van der Waals surface area contributed by atoms with Gasteiger partial charge in [0.1, 0.15) is 0 Å². The largest absolute Gasteiger partial charge is 0.510 e. The molecule has 62 valence electrons. The molecule has 0 saturated heterocycles. The number of nitrogens with two attached hydrogens (primary N) is 2. The predicted octanol–water partition coefficient (Wildman–Crippen LogP) is -2.49. The minimum Gasteiger partial charge on any atom is -0.389 e. The SMILES string of the molecule is NCCCC(N)[Si](O)(O)O. The van der Waals surface area contributed by atoms with E-state index in [1.165, 1.54) is 0 Å². The van der Waals surface area contributed by atoms with E-state index in [0.717, 1.165) is 0 Å². The lowest BCUT2D eigenvalue weighted by atomic mass is 10.3. The van der Waals surface area contributed by atoms with Crippen LogP contribution in [0, 0.1) is 0 Å². The number of hydrogen-bond donors (Lipinski definition) is 5. The monoisotopic (exact) mass is 166 g/mol. The Kier molecular flexibility index (Phi) is 4.02. The molecule has 10 heavy (non-hydrogen) atoms. The van der Waals surface area contributed by atoms with E-state index in [9.17, 15) is 0 Å². The molecule has 0 bridgehead atoms. The molecule has 0 aromatic carbocycles. The van der Waals surface area contributed by atoms with Crippen LogP contribution in [0.25, 0.3) is 0 Å². The van der Waals surface area contributed by atoms with Gasteiger partial charge in [0.2, 0.25) is 0 Å². The van der Waals surface area contributed by atoms with Gasteiger partial charge in [-0.1, -0.05) is 0 Å². The molecule has 6 heteroatoms. The van der Waals surface area contributed by atoms with E-state index < -0.39 is 14.5 Å². The summed E-state index contributed by atoms with van der Waals surface area (Å²) in [5.41, 5.74) is 9.42. The van der Waals surface area contributed by atoms with Crippen molar-refractivity contribution in [3.8, 4) is 0 Å². The molecule has 1 unspecified atom stereocenters. The van der Waals surface area contributed by atoms with Crippen molar-refractivity contribution < 1.29 is 14.4 Å². The van der Waals surface area contributed by atoms with Crippen LogP contribution < -0.4 is 11.5 Å². The van der Waals surface area contributed by atoms with Crippen LogP contribution in [-0.2, 0) is 0 Å². The third kappa shape index (κ3) is 3.93. The Morgan fingerprint density at radius 2 is 1.80 bits per heavy atom. The molecule has 0 aromatic heterocycles. The van der Waals surface area contributed by atoms with Crippen LogP contribution in [0.15, 0.2) is 0 Å². The zero-order valence-electron chi connectivity index (χ0n) is 5.70. The van der Waals surface area contributed by atoms with Gasteiger partial charge in [-0.25, -0.2) is 0 Å². The molecule has 0 amide bonds. The highest BCUT2D eigenvalue weighted by atomic mass is 28.4. The summed E-state index contributed by atoms with van der Waals surface area (Å²) in [5, 5.41) is 0. The lowest BCUT2D eigenvalue weighted by Gasteiger charge is -2.16. The molecular formula is C4H14N2O3Si. The second kappa shape index (κ2) is 4.01. The Balaban J connectivity index is 3.52. The molecule has 0 heterocycles. The van der Waals surface area contributed by atoms with Crippen LogP contribution in [0.4, 0.5) is 0 Å². The highest BCUT2D eigenvalue weighted by molar-refractivity contribution is 6.58. The maximum atomic E-state index is 8.60. The minimum atomic E-state index is -4.08. The van der Waals surface area contributed by atoms with E-state index in [0.29, 0.717) is 19.4 Å². The standard InChI is InChI=1S/C4H14N2O3Si/c5-3-1-2-4(6)10(7,8)9/h4,7-9H,1-3,5-6H2. The molecule has 0 rings (SSSR count). The predicted molar refractivity (Wildman–Crippen MR) is 38.7 cm³/mol. The fourth-order valence-corrected chi connectivity index (χ4v) is 1.12. The van der Waals surface area contributed by atoms with Crippen molar-refractivity contribution >= 4 is 8.80 Å². The van der Waals surface area contributed by atoms with Crippen LogP contribution >= 0.6 is 0 Å². The van der Waals surface area contributed by atoms with Gasteiger partial charge in [0.25, 0.3) is 0 Å². The first kappa shape index (κ1) is 10.0. The molecule has 0 aliphatic rings. The van der Waals surface area contributed by atoms with Crippen molar-refractivity contribution in [1.29, 1.82) is 0 Å². The van der Waals surface area contributed by atoms with Crippen LogP contribution in [-0.4, -0.2) is 35.4 Å². The first-order valence-corrected chi connectivity index (χ1v) is 5.03. The zero-order chi connectivity index (χ0) is 8.20. The van der Waals surface area contributed by atoms with Gasteiger partial charge in [0, 0.05) is 0 Å². The smallest absolute Gasteiger partial charge is 0.389 e. The van der Waals surface area contributed by atoms with E-state index in [4.69, 9.17) is 25.9 Å². The number of rotatable bonds is 4. The van der Waals surface area contributed by atoms with E-state index in [-0.39, 0.29) is 0 Å². The van der Waals surface area contributed by atoms with Crippen molar-refractivity contribution in [3.05, 3.63) is 0 Å². The fourth-order valence-electron chi connectivity index (χ4n) is 0.531. The van der Waals surface area contributed by atoms with E-state index in [1.807, 2.05) is 0 Å². The molecule has 0 aromatic rings. The van der Waals surface area contributed by atoms with E-state index >= 15 is 0 Å². The summed E-state index contributed by atoms with van der Waals surface area (Å²) in [6.07, 6.45) is 0.948. The van der Waals surface area contributed by atoms with Gasteiger partial charge in [-0.05, 0) is 19.4 Å². The van der Waals surface area contributed by atoms with Gasteiger partial charge in [-0.3, -0.25) is 0 Å². The van der Waals surface area contributed by atoms with Crippen molar-refractivity contribution in [2.24, 2.45) is 11.5 Å². The Hall–Kier alpha value is 0.0169. The molecule has 5 nitrogen and oxygen atoms in total. The molecule has 0 aliphatic heterocycles. The van der Waals surface area contributed by atoms with Crippen LogP contribution in [0.3, 0.4) is 0 Å². The van der Waals surface area contributed by atoms with Crippen LogP contribution in [0.2, 0.25) is 0 Å².